The van der Waals surface area contributed by atoms with E-state index in [0.717, 1.165) is 5.69 Å². The molecule has 0 aliphatic carbocycles. The Hall–Kier alpha value is -1.09. The smallest absolute Gasteiger partial charge is 0.309 e. The fourth-order valence-electron chi connectivity index (χ4n) is 1.07. The molecule has 78 valence electrons. The molecular formula is C10H14ClNO2. The summed E-state index contributed by atoms with van der Waals surface area (Å²) < 4.78 is 0. The molecular weight excluding hydrogens is 202 g/mol. The van der Waals surface area contributed by atoms with Gasteiger partial charge < -0.3 is 5.11 Å². The van der Waals surface area contributed by atoms with E-state index in [1.165, 1.54) is 0 Å². The Balaban J connectivity index is 0.00000169. The molecule has 0 unspecified atom stereocenters. The summed E-state index contributed by atoms with van der Waals surface area (Å²) >= 11 is 0. The summed E-state index contributed by atoms with van der Waals surface area (Å²) in [5.41, 5.74) is 1.57. The number of rotatable bonds is 3. The summed E-state index contributed by atoms with van der Waals surface area (Å²) in [6.45, 7) is 4.07. The summed E-state index contributed by atoms with van der Waals surface area (Å²) in [6, 6.07) is 5.50. The zero-order chi connectivity index (χ0) is 9.84. The van der Waals surface area contributed by atoms with Crippen LogP contribution in [0.25, 0.3) is 0 Å². The second-order valence-corrected chi connectivity index (χ2v) is 3.28. The van der Waals surface area contributed by atoms with E-state index in [1.54, 1.807) is 6.07 Å². The summed E-state index contributed by atoms with van der Waals surface area (Å²) in [4.78, 5) is 14.6. The maximum absolute atomic E-state index is 10.4. The number of carbonyl (C=O) groups is 1. The summed E-state index contributed by atoms with van der Waals surface area (Å²) in [6.07, 6.45) is 0.000556. The number of halogens is 1. The maximum atomic E-state index is 10.4. The lowest BCUT2D eigenvalue weighted by molar-refractivity contribution is -0.136. The van der Waals surface area contributed by atoms with E-state index >= 15 is 0 Å². The van der Waals surface area contributed by atoms with Gasteiger partial charge in [-0.2, -0.15) is 0 Å². The molecule has 1 heterocycles. The Labute approximate surface area is 89.6 Å². The topological polar surface area (TPSA) is 50.2 Å². The Kier molecular flexibility index (Phi) is 5.16. The second-order valence-electron chi connectivity index (χ2n) is 3.28. The van der Waals surface area contributed by atoms with Crippen LogP contribution in [0, 0.1) is 0 Å². The highest BCUT2D eigenvalue weighted by atomic mass is 35.5. The van der Waals surface area contributed by atoms with Crippen LogP contribution in [0.15, 0.2) is 18.2 Å². The maximum Gasteiger partial charge on any atom is 0.309 e. The lowest BCUT2D eigenvalue weighted by atomic mass is 10.1. The number of hydrogen-bond acceptors (Lipinski definition) is 2. The van der Waals surface area contributed by atoms with E-state index in [0.29, 0.717) is 11.6 Å². The van der Waals surface area contributed by atoms with Crippen LogP contribution in [0.1, 0.15) is 31.2 Å². The molecule has 4 heteroatoms. The van der Waals surface area contributed by atoms with Crippen molar-refractivity contribution in [2.24, 2.45) is 0 Å². The van der Waals surface area contributed by atoms with Gasteiger partial charge in [-0.3, -0.25) is 9.78 Å². The van der Waals surface area contributed by atoms with Gasteiger partial charge >= 0.3 is 5.97 Å². The summed E-state index contributed by atoms with van der Waals surface area (Å²) in [5, 5.41) is 8.56. The van der Waals surface area contributed by atoms with Gasteiger partial charge in [-0.1, -0.05) is 19.9 Å². The SMILES string of the molecule is CC(C)c1cccc(CC(=O)O)n1.Cl. The molecule has 0 radical (unpaired) electrons. The molecule has 0 saturated heterocycles. The minimum absolute atomic E-state index is 0. The molecule has 0 aliphatic heterocycles. The van der Waals surface area contributed by atoms with Crippen LogP contribution >= 0.6 is 12.4 Å². The molecule has 1 aromatic rings. The van der Waals surface area contributed by atoms with Crippen LogP contribution in [0.3, 0.4) is 0 Å². The van der Waals surface area contributed by atoms with Gasteiger partial charge in [-0.05, 0) is 18.1 Å². The second kappa shape index (κ2) is 5.60. The number of aliphatic carboxylic acids is 1. The molecule has 0 saturated carbocycles. The van der Waals surface area contributed by atoms with E-state index in [4.69, 9.17) is 5.11 Å². The fraction of sp³-hybridized carbons (Fsp3) is 0.400. The highest BCUT2D eigenvalue weighted by Crippen LogP contribution is 2.11. The average Bonchev–Trinajstić information content (AvgIpc) is 2.03. The van der Waals surface area contributed by atoms with E-state index in [-0.39, 0.29) is 18.8 Å². The van der Waals surface area contributed by atoms with Gasteiger partial charge in [0.1, 0.15) is 0 Å². The van der Waals surface area contributed by atoms with Gasteiger partial charge in [0.05, 0.1) is 12.1 Å². The first kappa shape index (κ1) is 12.9. The third kappa shape index (κ3) is 3.75. The first-order chi connectivity index (χ1) is 6.09. The normalized spacial score (nSPS) is 9.64. The molecule has 0 aliphatic rings. The minimum atomic E-state index is -0.839. The van der Waals surface area contributed by atoms with Crippen molar-refractivity contribution in [2.75, 3.05) is 0 Å². The number of carboxylic acid groups (broad SMARTS) is 1. The molecule has 0 atom stereocenters. The standard InChI is InChI=1S/C10H13NO2.ClH/c1-7(2)9-5-3-4-8(11-9)6-10(12)13;/h3-5,7H,6H2,1-2H3,(H,12,13);1H. The molecule has 1 N–H and O–H groups in total. The van der Waals surface area contributed by atoms with Crippen LogP contribution in [0.5, 0.6) is 0 Å². The molecule has 0 fully saturated rings. The van der Waals surface area contributed by atoms with Crippen molar-refractivity contribution in [1.29, 1.82) is 0 Å². The summed E-state index contributed by atoms with van der Waals surface area (Å²) in [7, 11) is 0. The van der Waals surface area contributed by atoms with Crippen LogP contribution in [0.2, 0.25) is 0 Å². The van der Waals surface area contributed by atoms with E-state index in [1.807, 2.05) is 26.0 Å². The third-order valence-electron chi connectivity index (χ3n) is 1.75. The average molecular weight is 216 g/mol. The largest absolute Gasteiger partial charge is 0.481 e. The Bertz CT molecular complexity index is 313. The van der Waals surface area contributed by atoms with Crippen molar-refractivity contribution in [3.63, 3.8) is 0 Å². The van der Waals surface area contributed by atoms with Gasteiger partial charge in [0.2, 0.25) is 0 Å². The first-order valence-electron chi connectivity index (χ1n) is 4.27. The Morgan fingerprint density at radius 2 is 2.14 bits per heavy atom. The van der Waals surface area contributed by atoms with Gasteiger partial charge in [0.15, 0.2) is 0 Å². The van der Waals surface area contributed by atoms with Crippen LogP contribution in [0.4, 0.5) is 0 Å². The minimum Gasteiger partial charge on any atom is -0.481 e. The van der Waals surface area contributed by atoms with Gasteiger partial charge in [-0.15, -0.1) is 12.4 Å². The number of aromatic nitrogens is 1. The van der Waals surface area contributed by atoms with Crippen LogP contribution in [-0.2, 0) is 11.2 Å². The van der Waals surface area contributed by atoms with E-state index in [9.17, 15) is 4.79 Å². The quantitative estimate of drug-likeness (QED) is 0.842. The predicted octanol–water partition coefficient (Wildman–Crippen LogP) is 2.25. The molecule has 3 nitrogen and oxygen atoms in total. The Morgan fingerprint density at radius 3 is 2.64 bits per heavy atom. The van der Waals surface area contributed by atoms with Crippen molar-refractivity contribution in [1.82, 2.24) is 4.98 Å². The first-order valence-corrected chi connectivity index (χ1v) is 4.27. The van der Waals surface area contributed by atoms with E-state index in [2.05, 4.69) is 4.98 Å². The molecule has 0 bridgehead atoms. The summed E-state index contributed by atoms with van der Waals surface area (Å²) in [5.74, 6) is -0.498. The Morgan fingerprint density at radius 1 is 1.50 bits per heavy atom. The molecule has 1 aromatic heterocycles. The monoisotopic (exact) mass is 215 g/mol. The third-order valence-corrected chi connectivity index (χ3v) is 1.75. The van der Waals surface area contributed by atoms with Crippen molar-refractivity contribution < 1.29 is 9.90 Å². The van der Waals surface area contributed by atoms with Crippen molar-refractivity contribution >= 4 is 18.4 Å². The van der Waals surface area contributed by atoms with Crippen LogP contribution < -0.4 is 0 Å². The number of hydrogen-bond donors (Lipinski definition) is 1. The number of nitrogens with zero attached hydrogens (tertiary/aromatic N) is 1. The van der Waals surface area contributed by atoms with Gasteiger partial charge in [0, 0.05) is 5.69 Å². The van der Waals surface area contributed by atoms with Gasteiger partial charge in [0.25, 0.3) is 0 Å². The fourth-order valence-corrected chi connectivity index (χ4v) is 1.07. The van der Waals surface area contributed by atoms with Crippen molar-refractivity contribution in [3.05, 3.63) is 29.6 Å². The number of carboxylic acids is 1. The zero-order valence-electron chi connectivity index (χ0n) is 8.23. The molecule has 0 aromatic carbocycles. The van der Waals surface area contributed by atoms with Gasteiger partial charge in [-0.25, -0.2) is 0 Å². The highest BCUT2D eigenvalue weighted by molar-refractivity contribution is 5.85. The lowest BCUT2D eigenvalue weighted by Crippen LogP contribution is -2.04. The van der Waals surface area contributed by atoms with Crippen LogP contribution in [-0.4, -0.2) is 16.1 Å². The number of pyridine rings is 1. The molecule has 0 amide bonds. The molecule has 0 spiro atoms. The van der Waals surface area contributed by atoms with E-state index < -0.39 is 5.97 Å². The highest BCUT2D eigenvalue weighted by Gasteiger charge is 2.04. The predicted molar refractivity (Wildman–Crippen MR) is 56.9 cm³/mol. The molecule has 1 rings (SSSR count). The van der Waals surface area contributed by atoms with Crippen molar-refractivity contribution in [2.45, 2.75) is 26.2 Å². The lowest BCUT2D eigenvalue weighted by Gasteiger charge is -2.05. The zero-order valence-corrected chi connectivity index (χ0v) is 9.04. The molecule has 14 heavy (non-hydrogen) atoms. The van der Waals surface area contributed by atoms with Crippen molar-refractivity contribution in [3.8, 4) is 0 Å².